The van der Waals surface area contributed by atoms with Gasteiger partial charge in [0.2, 0.25) is 0 Å². The van der Waals surface area contributed by atoms with E-state index in [2.05, 4.69) is 0 Å². The average Bonchev–Trinajstić information content (AvgIpc) is 2.45. The summed E-state index contributed by atoms with van der Waals surface area (Å²) in [5.41, 5.74) is -2.47. The number of hydrogen-bond acceptors (Lipinski definition) is 3. The zero-order valence-electron chi connectivity index (χ0n) is 13.6. The van der Waals surface area contributed by atoms with Crippen LogP contribution >= 0.6 is 0 Å². The molecule has 0 spiro atoms. The van der Waals surface area contributed by atoms with Gasteiger partial charge in [-0.05, 0) is 25.3 Å². The highest BCUT2D eigenvalue weighted by atomic mass is 19.4. The zero-order valence-corrected chi connectivity index (χ0v) is 13.6. The Morgan fingerprint density at radius 3 is 2.50 bits per heavy atom. The highest BCUT2D eigenvalue weighted by molar-refractivity contribution is 5.72. The molecule has 134 valence electrons. The lowest BCUT2D eigenvalue weighted by molar-refractivity contribution is -0.141. The summed E-state index contributed by atoms with van der Waals surface area (Å²) in [6.45, 7) is 5.46. The Kier molecular flexibility index (Phi) is 6.62. The molecule has 0 aliphatic rings. The standard InChI is InChI=1S/C16H20F3NO4/c1-4-24-6-5-11-9-20(13(15(22)23)7-10(2)3)14(21)8-12(11)16(17,18)19/h5-6,8-10,13H,4,7H2,1-3H3,(H,22,23)/b6-5+. The minimum Gasteiger partial charge on any atom is -0.501 e. The summed E-state index contributed by atoms with van der Waals surface area (Å²) < 4.78 is 45.0. The van der Waals surface area contributed by atoms with E-state index in [9.17, 15) is 27.9 Å². The first-order chi connectivity index (χ1) is 11.1. The van der Waals surface area contributed by atoms with E-state index in [1.807, 2.05) is 0 Å². The molecule has 8 heteroatoms. The maximum absolute atomic E-state index is 13.1. The molecular formula is C16H20F3NO4. The molecule has 0 aliphatic carbocycles. The molecule has 1 aromatic heterocycles. The molecule has 0 saturated heterocycles. The number of alkyl halides is 3. The monoisotopic (exact) mass is 347 g/mol. The largest absolute Gasteiger partial charge is 0.501 e. The van der Waals surface area contributed by atoms with Crippen LogP contribution in [0.2, 0.25) is 0 Å². The number of halogens is 3. The van der Waals surface area contributed by atoms with Gasteiger partial charge in [-0.3, -0.25) is 4.79 Å². The van der Waals surface area contributed by atoms with Gasteiger partial charge < -0.3 is 14.4 Å². The lowest BCUT2D eigenvalue weighted by Gasteiger charge is -2.20. The number of carboxylic acids is 1. The van der Waals surface area contributed by atoms with Gasteiger partial charge in [0.25, 0.3) is 5.56 Å². The summed E-state index contributed by atoms with van der Waals surface area (Å²) in [4.78, 5) is 23.5. The van der Waals surface area contributed by atoms with E-state index in [0.29, 0.717) is 6.07 Å². The Morgan fingerprint density at radius 2 is 2.04 bits per heavy atom. The van der Waals surface area contributed by atoms with E-state index >= 15 is 0 Å². The molecule has 0 aromatic carbocycles. The fraction of sp³-hybridized carbons (Fsp3) is 0.500. The number of ether oxygens (including phenoxy) is 1. The molecule has 1 N–H and O–H groups in total. The van der Waals surface area contributed by atoms with Gasteiger partial charge in [0.05, 0.1) is 18.4 Å². The molecule has 1 rings (SSSR count). The first kappa shape index (κ1) is 19.8. The van der Waals surface area contributed by atoms with Crippen LogP contribution in [0.1, 0.15) is 44.4 Å². The summed E-state index contributed by atoms with van der Waals surface area (Å²) in [7, 11) is 0. The van der Waals surface area contributed by atoms with Gasteiger partial charge in [-0.1, -0.05) is 13.8 Å². The molecule has 0 saturated carbocycles. The Bertz CT molecular complexity index is 662. The number of carboxylic acid groups (broad SMARTS) is 1. The van der Waals surface area contributed by atoms with E-state index < -0.39 is 29.3 Å². The lowest BCUT2D eigenvalue weighted by atomic mass is 10.0. The van der Waals surface area contributed by atoms with E-state index in [0.717, 1.165) is 23.1 Å². The molecule has 0 fully saturated rings. The maximum atomic E-state index is 13.1. The molecule has 1 aromatic rings. The van der Waals surface area contributed by atoms with Gasteiger partial charge in [0.1, 0.15) is 6.04 Å². The van der Waals surface area contributed by atoms with Crippen molar-refractivity contribution in [3.8, 4) is 0 Å². The van der Waals surface area contributed by atoms with Crippen molar-refractivity contribution in [2.45, 2.75) is 39.4 Å². The second-order valence-corrected chi connectivity index (χ2v) is 5.63. The van der Waals surface area contributed by atoms with Gasteiger partial charge in [-0.15, -0.1) is 0 Å². The lowest BCUT2D eigenvalue weighted by Crippen LogP contribution is -2.31. The minimum atomic E-state index is -4.74. The predicted molar refractivity (Wildman–Crippen MR) is 82.5 cm³/mol. The zero-order chi connectivity index (χ0) is 18.5. The summed E-state index contributed by atoms with van der Waals surface area (Å²) in [5, 5.41) is 9.31. The normalized spacial score (nSPS) is 13.5. The van der Waals surface area contributed by atoms with Crippen molar-refractivity contribution in [3.63, 3.8) is 0 Å². The third kappa shape index (κ3) is 5.14. The van der Waals surface area contributed by atoms with Crippen LogP contribution in [-0.4, -0.2) is 22.2 Å². The fourth-order valence-corrected chi connectivity index (χ4v) is 2.18. The molecule has 0 bridgehead atoms. The summed E-state index contributed by atoms with van der Waals surface area (Å²) in [5.74, 6) is -1.33. The van der Waals surface area contributed by atoms with Crippen molar-refractivity contribution >= 4 is 12.0 Å². The van der Waals surface area contributed by atoms with Crippen molar-refractivity contribution in [2.24, 2.45) is 5.92 Å². The highest BCUT2D eigenvalue weighted by Gasteiger charge is 2.34. The Balaban J connectivity index is 3.49. The highest BCUT2D eigenvalue weighted by Crippen LogP contribution is 2.32. The van der Waals surface area contributed by atoms with Crippen molar-refractivity contribution < 1.29 is 27.8 Å². The fourth-order valence-electron chi connectivity index (χ4n) is 2.18. The summed E-state index contributed by atoms with van der Waals surface area (Å²) >= 11 is 0. The average molecular weight is 347 g/mol. The maximum Gasteiger partial charge on any atom is 0.417 e. The minimum absolute atomic E-state index is 0.0530. The molecule has 1 atom stereocenters. The van der Waals surface area contributed by atoms with Crippen molar-refractivity contribution in [1.29, 1.82) is 0 Å². The molecule has 24 heavy (non-hydrogen) atoms. The van der Waals surface area contributed by atoms with E-state index in [-0.39, 0.29) is 24.5 Å². The van der Waals surface area contributed by atoms with Gasteiger partial charge in [-0.25, -0.2) is 4.79 Å². The van der Waals surface area contributed by atoms with Crippen LogP contribution in [0.4, 0.5) is 13.2 Å². The number of aliphatic carboxylic acids is 1. The second kappa shape index (κ2) is 8.03. The third-order valence-corrected chi connectivity index (χ3v) is 3.24. The molecule has 0 aliphatic heterocycles. The van der Waals surface area contributed by atoms with Crippen molar-refractivity contribution in [2.75, 3.05) is 6.61 Å². The molecule has 5 nitrogen and oxygen atoms in total. The van der Waals surface area contributed by atoms with Crippen LogP contribution < -0.4 is 5.56 Å². The van der Waals surface area contributed by atoms with Crippen molar-refractivity contribution in [1.82, 2.24) is 4.57 Å². The quantitative estimate of drug-likeness (QED) is 0.766. The molecular weight excluding hydrogens is 327 g/mol. The SMILES string of the molecule is CCO/C=C/c1cn(C(CC(C)C)C(=O)O)c(=O)cc1C(F)(F)F. The number of carbonyl (C=O) groups is 1. The topological polar surface area (TPSA) is 68.5 Å². The molecule has 0 amide bonds. The van der Waals surface area contributed by atoms with Crippen LogP contribution in [0.5, 0.6) is 0 Å². The van der Waals surface area contributed by atoms with Gasteiger partial charge in [0, 0.05) is 17.8 Å². The van der Waals surface area contributed by atoms with E-state index in [4.69, 9.17) is 4.74 Å². The summed E-state index contributed by atoms with van der Waals surface area (Å²) in [6.07, 6.45) is -1.55. The third-order valence-electron chi connectivity index (χ3n) is 3.24. The summed E-state index contributed by atoms with van der Waals surface area (Å²) in [6, 6.07) is -0.818. The number of hydrogen-bond donors (Lipinski definition) is 1. The van der Waals surface area contributed by atoms with E-state index in [1.54, 1.807) is 20.8 Å². The van der Waals surface area contributed by atoms with Crippen LogP contribution in [-0.2, 0) is 15.7 Å². The molecule has 1 unspecified atom stereocenters. The van der Waals surface area contributed by atoms with E-state index in [1.165, 1.54) is 0 Å². The van der Waals surface area contributed by atoms with Crippen LogP contribution in [0.15, 0.2) is 23.3 Å². The van der Waals surface area contributed by atoms with Crippen molar-refractivity contribution in [3.05, 3.63) is 40.0 Å². The first-order valence-corrected chi connectivity index (χ1v) is 7.42. The van der Waals surface area contributed by atoms with Crippen LogP contribution in [0.3, 0.4) is 0 Å². The smallest absolute Gasteiger partial charge is 0.417 e. The number of pyridine rings is 1. The second-order valence-electron chi connectivity index (χ2n) is 5.63. The number of rotatable bonds is 7. The Morgan fingerprint density at radius 1 is 1.42 bits per heavy atom. The van der Waals surface area contributed by atoms with Gasteiger partial charge in [0.15, 0.2) is 0 Å². The molecule has 1 heterocycles. The van der Waals surface area contributed by atoms with Gasteiger partial charge in [-0.2, -0.15) is 13.2 Å². The molecule has 0 radical (unpaired) electrons. The predicted octanol–water partition coefficient (Wildman–Crippen LogP) is 3.55. The Labute approximate surface area is 137 Å². The number of nitrogens with zero attached hydrogens (tertiary/aromatic N) is 1. The van der Waals surface area contributed by atoms with Gasteiger partial charge >= 0.3 is 12.1 Å². The first-order valence-electron chi connectivity index (χ1n) is 7.42. The van der Waals surface area contributed by atoms with Crippen LogP contribution in [0, 0.1) is 5.92 Å². The Hall–Kier alpha value is -2.25. The number of aromatic nitrogens is 1. The van der Waals surface area contributed by atoms with Crippen LogP contribution in [0.25, 0.3) is 6.08 Å².